The highest BCUT2D eigenvalue weighted by molar-refractivity contribution is 6.10. The monoisotopic (exact) mass is 552 g/mol. The summed E-state index contributed by atoms with van der Waals surface area (Å²) < 4.78 is 107. The summed E-state index contributed by atoms with van der Waals surface area (Å²) in [6, 6.07) is 16.2. The molecule has 0 unspecified atom stereocenters. The average molecular weight is 553 g/mol. The molecule has 42 heavy (non-hydrogen) atoms. The van der Waals surface area contributed by atoms with Crippen LogP contribution < -0.4 is 0 Å². The Labute approximate surface area is 262 Å². The molecule has 0 spiro atoms. The summed E-state index contributed by atoms with van der Waals surface area (Å²) in [4.78, 5) is 0. The summed E-state index contributed by atoms with van der Waals surface area (Å²) >= 11 is 0. The molecular weight excluding hydrogens is 508 g/mol. The topological polar surface area (TPSA) is 9.86 Å². The van der Waals surface area contributed by atoms with E-state index in [1.54, 1.807) is 28.8 Å². The molecule has 0 bridgehead atoms. The highest BCUT2D eigenvalue weighted by atomic mass is 15.0. The van der Waals surface area contributed by atoms with E-state index in [0.29, 0.717) is 44.3 Å². The van der Waals surface area contributed by atoms with Crippen LogP contribution in [0.2, 0.25) is 0 Å². The molecule has 0 radical (unpaired) electrons. The van der Waals surface area contributed by atoms with E-state index in [4.69, 9.17) is 15.1 Å². The maximum Gasteiger partial charge on any atom is 0.0645 e. The van der Waals surface area contributed by atoms with Crippen molar-refractivity contribution in [1.29, 1.82) is 0 Å². The van der Waals surface area contributed by atoms with Crippen molar-refractivity contribution < 1.29 is 16.4 Å². The highest BCUT2D eigenvalue weighted by Crippen LogP contribution is 2.37. The van der Waals surface area contributed by atoms with Gasteiger partial charge in [0.2, 0.25) is 0 Å². The van der Waals surface area contributed by atoms with Crippen LogP contribution in [-0.2, 0) is 5.41 Å². The fourth-order valence-electron chi connectivity index (χ4n) is 5.73. The van der Waals surface area contributed by atoms with Gasteiger partial charge in [-0.25, -0.2) is 0 Å². The van der Waals surface area contributed by atoms with Gasteiger partial charge in [-0.3, -0.25) is 0 Å². The van der Waals surface area contributed by atoms with Crippen LogP contribution in [0, 0.1) is 0 Å². The minimum Gasteiger partial charge on any atom is -0.309 e. The van der Waals surface area contributed by atoms with E-state index in [2.05, 4.69) is 20.8 Å². The fourth-order valence-corrected chi connectivity index (χ4v) is 5.73. The lowest BCUT2D eigenvalue weighted by atomic mass is 9.86. The Morgan fingerprint density at radius 3 is 1.55 bits per heavy atom. The maximum absolute atomic E-state index is 9.18. The molecule has 0 amide bonds. The third-order valence-corrected chi connectivity index (χ3v) is 7.82. The zero-order valence-electron chi connectivity index (χ0n) is 35.2. The van der Waals surface area contributed by atoms with Crippen LogP contribution in [0.4, 0.5) is 0 Å². The van der Waals surface area contributed by atoms with Gasteiger partial charge in [0.05, 0.1) is 38.5 Å². The molecule has 202 valence electrons. The third kappa shape index (κ3) is 3.79. The SMILES string of the molecule is [2H]c1cc2c3cc(C(C)(C)C)cc([2H])c3n(-c3cccc(-c4cccc(-n5c6c([2H])c([2H])c([2H])c([2H])c6c6c([2H])c([2H])c([2H])c([2H])c65)c4)c3)c2c([2H])c1[2H]. The second-order valence-electron chi connectivity index (χ2n) is 11.4. The van der Waals surface area contributed by atoms with Gasteiger partial charge in [-0.05, 0) is 76.6 Å². The van der Waals surface area contributed by atoms with Crippen LogP contribution >= 0.6 is 0 Å². The van der Waals surface area contributed by atoms with Crippen LogP contribution in [0.1, 0.15) is 42.8 Å². The molecule has 8 rings (SSSR count). The molecular formula is C40H32N2. The number of benzene rings is 6. The molecule has 0 aliphatic carbocycles. The van der Waals surface area contributed by atoms with Crippen molar-refractivity contribution in [2.45, 2.75) is 26.2 Å². The molecule has 0 fully saturated rings. The lowest BCUT2D eigenvalue weighted by Crippen LogP contribution is -2.10. The lowest BCUT2D eigenvalue weighted by molar-refractivity contribution is 0.591. The second kappa shape index (κ2) is 9.22. The van der Waals surface area contributed by atoms with Gasteiger partial charge in [-0.1, -0.05) is 106 Å². The Hall–Kier alpha value is -5.08. The molecule has 2 aromatic heterocycles. The van der Waals surface area contributed by atoms with Gasteiger partial charge in [-0.2, -0.15) is 0 Å². The Kier molecular flexibility index (Phi) is 3.34. The number of hydrogen-bond acceptors (Lipinski definition) is 0. The molecule has 2 heteroatoms. The quantitative estimate of drug-likeness (QED) is 0.206. The normalized spacial score (nSPS) is 16.2. The lowest BCUT2D eigenvalue weighted by Gasteiger charge is -2.19. The molecule has 0 aliphatic heterocycles. The summed E-state index contributed by atoms with van der Waals surface area (Å²) in [5.41, 5.74) is 4.06. The predicted molar refractivity (Wildman–Crippen MR) is 179 cm³/mol. The molecule has 0 saturated carbocycles. The first-order valence-corrected chi connectivity index (χ1v) is 13.7. The second-order valence-corrected chi connectivity index (χ2v) is 11.4. The van der Waals surface area contributed by atoms with Gasteiger partial charge in [0, 0.05) is 32.9 Å². The van der Waals surface area contributed by atoms with Crippen LogP contribution in [0.25, 0.3) is 66.1 Å². The Morgan fingerprint density at radius 2 is 0.976 bits per heavy atom. The molecule has 8 aromatic rings. The van der Waals surface area contributed by atoms with E-state index in [1.165, 1.54) is 4.57 Å². The van der Waals surface area contributed by atoms with Crippen LogP contribution in [0.3, 0.4) is 0 Å². The first kappa shape index (κ1) is 15.2. The molecule has 0 N–H and O–H groups in total. The van der Waals surface area contributed by atoms with Crippen molar-refractivity contribution in [2.24, 2.45) is 0 Å². The summed E-state index contributed by atoms with van der Waals surface area (Å²) in [5, 5.41) is 1.30. The van der Waals surface area contributed by atoms with E-state index in [0.717, 1.165) is 5.56 Å². The Balaban J connectivity index is 1.40. The van der Waals surface area contributed by atoms with E-state index in [1.807, 2.05) is 42.5 Å². The summed E-state index contributed by atoms with van der Waals surface area (Å²) in [6.45, 7) is 6.17. The molecule has 0 aliphatic rings. The minimum atomic E-state index is -0.507. The molecule has 0 atom stereocenters. The zero-order chi connectivity index (χ0) is 38.9. The molecule has 2 heterocycles. The first-order chi connectivity index (χ1) is 25.4. The zero-order valence-corrected chi connectivity index (χ0v) is 23.2. The maximum atomic E-state index is 9.18. The largest absolute Gasteiger partial charge is 0.309 e. The van der Waals surface area contributed by atoms with Crippen molar-refractivity contribution in [3.63, 3.8) is 0 Å². The van der Waals surface area contributed by atoms with Gasteiger partial charge in [0.25, 0.3) is 0 Å². The number of fused-ring (bicyclic) bond motifs is 6. The van der Waals surface area contributed by atoms with E-state index in [-0.39, 0.29) is 63.5 Å². The number of nitrogens with zero attached hydrogens (tertiary/aromatic N) is 2. The van der Waals surface area contributed by atoms with Crippen molar-refractivity contribution in [1.82, 2.24) is 9.13 Å². The van der Waals surface area contributed by atoms with E-state index in [9.17, 15) is 1.37 Å². The van der Waals surface area contributed by atoms with Crippen molar-refractivity contribution >= 4 is 43.6 Å². The van der Waals surface area contributed by atoms with Gasteiger partial charge < -0.3 is 9.13 Å². The van der Waals surface area contributed by atoms with E-state index >= 15 is 0 Å². The molecule has 6 aromatic carbocycles. The standard InChI is InChI=1S/C40H32N2/c1-40(2,3)29-22-23-39-35(26-29)34-18-6-9-21-38(34)42(39)31-15-11-13-28(25-31)27-12-10-14-30(24-27)41-36-19-7-4-16-32(36)33-17-5-8-20-37(33)41/h4-26H,1-3H3/i4D,5D,6D,7D,8D,9D,16D,17D,19D,20D,21D,23D. The number of aromatic nitrogens is 2. The van der Waals surface area contributed by atoms with Gasteiger partial charge in [0.1, 0.15) is 0 Å². The molecule has 2 nitrogen and oxygen atoms in total. The van der Waals surface area contributed by atoms with Crippen LogP contribution in [-0.4, -0.2) is 9.13 Å². The fraction of sp³-hybridized carbons (Fsp3) is 0.100. The summed E-state index contributed by atoms with van der Waals surface area (Å²) in [6.07, 6.45) is 0. The van der Waals surface area contributed by atoms with Crippen molar-refractivity contribution in [3.8, 4) is 22.5 Å². The Bertz CT molecular complexity index is 2870. The van der Waals surface area contributed by atoms with Gasteiger partial charge in [0.15, 0.2) is 0 Å². The highest BCUT2D eigenvalue weighted by Gasteiger charge is 2.18. The van der Waals surface area contributed by atoms with Crippen molar-refractivity contribution in [2.75, 3.05) is 0 Å². The van der Waals surface area contributed by atoms with Crippen LogP contribution in [0.15, 0.2) is 139 Å². The van der Waals surface area contributed by atoms with E-state index < -0.39 is 36.3 Å². The molecule has 0 saturated heterocycles. The van der Waals surface area contributed by atoms with Gasteiger partial charge in [-0.15, -0.1) is 0 Å². The van der Waals surface area contributed by atoms with Crippen LogP contribution in [0.5, 0.6) is 0 Å². The summed E-state index contributed by atoms with van der Waals surface area (Å²) in [7, 11) is 0. The summed E-state index contributed by atoms with van der Waals surface area (Å²) in [5.74, 6) is 0. The minimum absolute atomic E-state index is 0.00150. The van der Waals surface area contributed by atoms with Crippen molar-refractivity contribution in [3.05, 3.63) is 145 Å². The first-order valence-electron chi connectivity index (χ1n) is 19.7. The third-order valence-electron chi connectivity index (χ3n) is 7.82. The Morgan fingerprint density at radius 1 is 0.476 bits per heavy atom. The average Bonchev–Trinajstić information content (AvgIpc) is 3.68. The number of hydrogen-bond donors (Lipinski definition) is 0. The van der Waals surface area contributed by atoms with Gasteiger partial charge >= 0.3 is 0 Å². The smallest absolute Gasteiger partial charge is 0.0645 e. The number of rotatable bonds is 3. The predicted octanol–water partition coefficient (Wildman–Crippen LogP) is 10.8. The number of para-hydroxylation sites is 3.